The standard InChI is InChI=1S/C15H15ClN4O4S2/c1-9-6-10(2)14(13(16)7-9)17-15(25)18-19-26(23,24)12-5-3-4-11(8-12)20(21)22/h3-8,19H,1-2H3,(H2,17,18,25). The molecule has 0 amide bonds. The maximum absolute atomic E-state index is 12.2. The molecule has 0 aliphatic rings. The maximum atomic E-state index is 12.2. The molecule has 2 aromatic carbocycles. The Hall–Kier alpha value is -2.27. The lowest BCUT2D eigenvalue weighted by atomic mass is 10.1. The molecule has 2 rings (SSSR count). The van der Waals surface area contributed by atoms with Gasteiger partial charge >= 0.3 is 0 Å². The van der Waals surface area contributed by atoms with Gasteiger partial charge in [-0.25, -0.2) is 8.42 Å². The van der Waals surface area contributed by atoms with Crippen LogP contribution < -0.4 is 15.6 Å². The molecule has 0 radical (unpaired) electrons. The summed E-state index contributed by atoms with van der Waals surface area (Å²) in [5.74, 6) is 0. The van der Waals surface area contributed by atoms with Crippen molar-refractivity contribution in [2.24, 2.45) is 0 Å². The topological polar surface area (TPSA) is 113 Å². The van der Waals surface area contributed by atoms with Crippen LogP contribution in [0.15, 0.2) is 41.3 Å². The van der Waals surface area contributed by atoms with Crippen LogP contribution in [0.3, 0.4) is 0 Å². The number of anilines is 1. The van der Waals surface area contributed by atoms with Gasteiger partial charge in [-0.1, -0.05) is 23.7 Å². The molecule has 0 aromatic heterocycles. The zero-order valence-electron chi connectivity index (χ0n) is 13.7. The van der Waals surface area contributed by atoms with E-state index >= 15 is 0 Å². The van der Waals surface area contributed by atoms with Crippen molar-refractivity contribution in [1.82, 2.24) is 10.3 Å². The number of hydrogen-bond acceptors (Lipinski definition) is 5. The van der Waals surface area contributed by atoms with E-state index in [0.717, 1.165) is 17.2 Å². The van der Waals surface area contributed by atoms with E-state index in [-0.39, 0.29) is 15.7 Å². The first-order valence-corrected chi connectivity index (χ1v) is 9.47. The molecule has 2 aromatic rings. The Morgan fingerprint density at radius 3 is 2.54 bits per heavy atom. The number of nitro groups is 1. The molecule has 26 heavy (non-hydrogen) atoms. The van der Waals surface area contributed by atoms with E-state index in [9.17, 15) is 18.5 Å². The molecule has 11 heteroatoms. The van der Waals surface area contributed by atoms with Crippen molar-refractivity contribution in [3.63, 3.8) is 0 Å². The highest BCUT2D eigenvalue weighted by Gasteiger charge is 2.18. The average Bonchev–Trinajstić information content (AvgIpc) is 2.56. The number of hydrazine groups is 1. The van der Waals surface area contributed by atoms with Gasteiger partial charge in [-0.05, 0) is 49.3 Å². The fourth-order valence-electron chi connectivity index (χ4n) is 2.16. The fraction of sp³-hybridized carbons (Fsp3) is 0.133. The minimum Gasteiger partial charge on any atom is -0.330 e. The Kier molecular flexibility index (Phi) is 6.13. The third-order valence-electron chi connectivity index (χ3n) is 3.31. The molecule has 0 aliphatic carbocycles. The zero-order valence-corrected chi connectivity index (χ0v) is 16.1. The number of thiocarbonyl (C=S) groups is 1. The van der Waals surface area contributed by atoms with Gasteiger partial charge in [-0.3, -0.25) is 15.5 Å². The van der Waals surface area contributed by atoms with Gasteiger partial charge in [-0.15, -0.1) is 4.83 Å². The van der Waals surface area contributed by atoms with Crippen LogP contribution in [0.5, 0.6) is 0 Å². The fourth-order valence-corrected chi connectivity index (χ4v) is 3.63. The van der Waals surface area contributed by atoms with Crippen molar-refractivity contribution in [2.45, 2.75) is 18.7 Å². The lowest BCUT2D eigenvalue weighted by Crippen LogP contribution is -2.43. The normalized spacial score (nSPS) is 11.0. The van der Waals surface area contributed by atoms with Crippen molar-refractivity contribution in [1.29, 1.82) is 0 Å². The summed E-state index contributed by atoms with van der Waals surface area (Å²) in [5, 5.41) is 14.0. The molecule has 0 saturated heterocycles. The van der Waals surface area contributed by atoms with Crippen molar-refractivity contribution in [3.05, 3.63) is 62.7 Å². The summed E-state index contributed by atoms with van der Waals surface area (Å²) in [6, 6.07) is 8.28. The number of non-ortho nitro benzene ring substituents is 1. The van der Waals surface area contributed by atoms with Crippen LogP contribution in [0.2, 0.25) is 5.02 Å². The summed E-state index contributed by atoms with van der Waals surface area (Å²) in [6.45, 7) is 3.73. The second-order valence-electron chi connectivity index (χ2n) is 5.38. The second kappa shape index (κ2) is 7.96. The highest BCUT2D eigenvalue weighted by molar-refractivity contribution is 7.89. The Morgan fingerprint density at radius 2 is 1.92 bits per heavy atom. The van der Waals surface area contributed by atoms with E-state index in [0.29, 0.717) is 10.7 Å². The lowest BCUT2D eigenvalue weighted by molar-refractivity contribution is -0.385. The molecule has 0 bridgehead atoms. The van der Waals surface area contributed by atoms with Gasteiger partial charge in [0.25, 0.3) is 15.7 Å². The van der Waals surface area contributed by atoms with Crippen LogP contribution in [0.1, 0.15) is 11.1 Å². The molecular weight excluding hydrogens is 400 g/mol. The second-order valence-corrected chi connectivity index (χ2v) is 7.88. The zero-order chi connectivity index (χ0) is 19.5. The van der Waals surface area contributed by atoms with Gasteiger partial charge in [-0.2, -0.15) is 0 Å². The number of halogens is 1. The molecule has 0 spiro atoms. The molecule has 138 valence electrons. The summed E-state index contributed by atoms with van der Waals surface area (Å²) in [5.41, 5.74) is 4.36. The molecular formula is C15H15ClN4O4S2. The lowest BCUT2D eigenvalue weighted by Gasteiger charge is -2.15. The highest BCUT2D eigenvalue weighted by atomic mass is 35.5. The summed E-state index contributed by atoms with van der Waals surface area (Å²) >= 11 is 11.2. The van der Waals surface area contributed by atoms with Crippen molar-refractivity contribution < 1.29 is 13.3 Å². The number of nitrogens with zero attached hydrogens (tertiary/aromatic N) is 1. The molecule has 0 fully saturated rings. The number of aryl methyl sites for hydroxylation is 2. The summed E-state index contributed by atoms with van der Waals surface area (Å²) in [6.07, 6.45) is 0. The minimum atomic E-state index is -4.06. The monoisotopic (exact) mass is 414 g/mol. The van der Waals surface area contributed by atoms with Gasteiger partial charge in [0.15, 0.2) is 5.11 Å². The quantitative estimate of drug-likeness (QED) is 0.391. The summed E-state index contributed by atoms with van der Waals surface area (Å²) < 4.78 is 24.5. The Labute approximate surface area is 160 Å². The van der Waals surface area contributed by atoms with Gasteiger partial charge < -0.3 is 5.32 Å². The largest absolute Gasteiger partial charge is 0.330 e. The highest BCUT2D eigenvalue weighted by Crippen LogP contribution is 2.27. The molecule has 0 aliphatic heterocycles. The summed E-state index contributed by atoms with van der Waals surface area (Å²) in [7, 11) is -4.06. The number of nitro benzene ring substituents is 1. The number of sulfonamides is 1. The van der Waals surface area contributed by atoms with Crippen molar-refractivity contribution in [3.8, 4) is 0 Å². The van der Waals surface area contributed by atoms with Crippen LogP contribution in [-0.2, 0) is 10.0 Å². The van der Waals surface area contributed by atoms with Gasteiger partial charge in [0.1, 0.15) is 0 Å². The van der Waals surface area contributed by atoms with Crippen LogP contribution >= 0.6 is 23.8 Å². The molecule has 0 heterocycles. The van der Waals surface area contributed by atoms with Crippen LogP contribution in [0.4, 0.5) is 11.4 Å². The Balaban J connectivity index is 2.09. The van der Waals surface area contributed by atoms with E-state index in [1.54, 1.807) is 6.07 Å². The first-order chi connectivity index (χ1) is 12.1. The number of hydrogen-bond donors (Lipinski definition) is 3. The van der Waals surface area contributed by atoms with E-state index in [2.05, 4.69) is 15.6 Å². The van der Waals surface area contributed by atoms with E-state index in [1.165, 1.54) is 18.2 Å². The molecule has 8 nitrogen and oxygen atoms in total. The van der Waals surface area contributed by atoms with E-state index in [1.807, 2.05) is 19.9 Å². The number of benzene rings is 2. The average molecular weight is 415 g/mol. The first kappa shape index (κ1) is 20.0. The smallest absolute Gasteiger partial charge is 0.270 e. The van der Waals surface area contributed by atoms with Gasteiger partial charge in [0.05, 0.1) is 20.5 Å². The molecule has 0 saturated carbocycles. The van der Waals surface area contributed by atoms with Crippen molar-refractivity contribution in [2.75, 3.05) is 5.32 Å². The van der Waals surface area contributed by atoms with Gasteiger partial charge in [0, 0.05) is 12.1 Å². The number of rotatable bonds is 5. The predicted octanol–water partition coefficient (Wildman–Crippen LogP) is 3.04. The Bertz CT molecular complexity index is 956. The molecule has 3 N–H and O–H groups in total. The van der Waals surface area contributed by atoms with E-state index in [4.69, 9.17) is 23.8 Å². The van der Waals surface area contributed by atoms with Crippen LogP contribution in [0.25, 0.3) is 0 Å². The van der Waals surface area contributed by atoms with Crippen LogP contribution in [0, 0.1) is 24.0 Å². The van der Waals surface area contributed by atoms with Crippen LogP contribution in [-0.4, -0.2) is 18.5 Å². The summed E-state index contributed by atoms with van der Waals surface area (Å²) in [4.78, 5) is 11.9. The predicted molar refractivity (Wildman–Crippen MR) is 104 cm³/mol. The first-order valence-electron chi connectivity index (χ1n) is 7.20. The van der Waals surface area contributed by atoms with Crippen molar-refractivity contribution >= 4 is 50.3 Å². The van der Waals surface area contributed by atoms with Gasteiger partial charge in [0.2, 0.25) is 0 Å². The third-order valence-corrected chi connectivity index (χ3v) is 5.06. The molecule has 0 unspecified atom stereocenters. The van der Waals surface area contributed by atoms with E-state index < -0.39 is 14.9 Å². The number of nitrogens with one attached hydrogen (secondary N) is 3. The minimum absolute atomic E-state index is 0.0344. The maximum Gasteiger partial charge on any atom is 0.270 e. The SMILES string of the molecule is Cc1cc(C)c(NC(=S)NNS(=O)(=O)c2cccc([N+](=O)[O-])c2)c(Cl)c1. The molecule has 0 atom stereocenters. The third kappa shape index (κ3) is 4.88. The Morgan fingerprint density at radius 1 is 1.23 bits per heavy atom.